The molecule has 90 valence electrons. The predicted molar refractivity (Wildman–Crippen MR) is 72.4 cm³/mol. The molecule has 1 aromatic carbocycles. The second kappa shape index (κ2) is 5.80. The van der Waals surface area contributed by atoms with Crippen molar-refractivity contribution in [2.75, 3.05) is 12.9 Å². The van der Waals surface area contributed by atoms with E-state index in [4.69, 9.17) is 22.1 Å². The van der Waals surface area contributed by atoms with Gasteiger partial charge in [-0.3, -0.25) is 0 Å². The lowest BCUT2D eigenvalue weighted by Crippen LogP contribution is -2.34. The molecule has 4 heteroatoms. The van der Waals surface area contributed by atoms with Gasteiger partial charge in [0.05, 0.1) is 7.11 Å². The van der Waals surface area contributed by atoms with Gasteiger partial charge < -0.3 is 10.5 Å². The Morgan fingerprint density at radius 2 is 2.12 bits per heavy atom. The molecule has 0 aromatic heterocycles. The Balaban J connectivity index is 2.62. The third-order valence-corrected chi connectivity index (χ3v) is 3.67. The molecule has 0 aliphatic heterocycles. The number of halogens is 1. The lowest BCUT2D eigenvalue weighted by molar-refractivity contribution is 0.411. The molecule has 0 heterocycles. The highest BCUT2D eigenvalue weighted by molar-refractivity contribution is 7.98. The summed E-state index contributed by atoms with van der Waals surface area (Å²) in [5.41, 5.74) is 6.89. The smallest absolute Gasteiger partial charge is 0.122 e. The molecule has 0 saturated carbocycles. The molecule has 0 amide bonds. The highest BCUT2D eigenvalue weighted by Gasteiger charge is 2.11. The van der Waals surface area contributed by atoms with E-state index >= 15 is 0 Å². The summed E-state index contributed by atoms with van der Waals surface area (Å²) in [6.45, 7) is 4.05. The number of hydrogen-bond acceptors (Lipinski definition) is 3. The first-order chi connectivity index (χ1) is 7.42. The van der Waals surface area contributed by atoms with Crippen LogP contribution in [0.1, 0.15) is 19.4 Å². The third kappa shape index (κ3) is 4.64. The number of thioether (sulfide) groups is 1. The van der Waals surface area contributed by atoms with Crippen LogP contribution in [0.5, 0.6) is 5.75 Å². The van der Waals surface area contributed by atoms with Crippen molar-refractivity contribution in [3.8, 4) is 5.75 Å². The molecule has 0 atom stereocenters. The number of nitrogens with two attached hydrogens (primary N) is 1. The Hall–Kier alpha value is -0.380. The molecule has 16 heavy (non-hydrogen) atoms. The normalized spacial score (nSPS) is 11.6. The van der Waals surface area contributed by atoms with Crippen molar-refractivity contribution >= 4 is 23.4 Å². The summed E-state index contributed by atoms with van der Waals surface area (Å²) in [5.74, 6) is 2.65. The van der Waals surface area contributed by atoms with Crippen LogP contribution in [0.15, 0.2) is 18.2 Å². The zero-order valence-corrected chi connectivity index (χ0v) is 11.5. The molecule has 2 nitrogen and oxygen atoms in total. The van der Waals surface area contributed by atoms with Crippen molar-refractivity contribution < 1.29 is 4.74 Å². The molecule has 1 aromatic rings. The molecule has 0 radical (unpaired) electrons. The summed E-state index contributed by atoms with van der Waals surface area (Å²) in [6.07, 6.45) is 0. The highest BCUT2D eigenvalue weighted by Crippen LogP contribution is 2.27. The van der Waals surface area contributed by atoms with Gasteiger partial charge in [0.15, 0.2) is 0 Å². The lowest BCUT2D eigenvalue weighted by Gasteiger charge is -2.18. The standard InChI is InChI=1S/C12H18ClNOS/c1-12(2,14)8-16-7-9-6-10(13)4-5-11(9)15-3/h4-6H,7-8,14H2,1-3H3. The molecule has 1 rings (SSSR count). The van der Waals surface area contributed by atoms with Gasteiger partial charge in [0.2, 0.25) is 0 Å². The average molecular weight is 260 g/mol. The summed E-state index contributed by atoms with van der Waals surface area (Å²) in [5, 5.41) is 0.739. The number of hydrogen-bond donors (Lipinski definition) is 1. The summed E-state index contributed by atoms with van der Waals surface area (Å²) >= 11 is 7.74. The van der Waals surface area contributed by atoms with E-state index in [0.717, 1.165) is 27.8 Å². The number of ether oxygens (including phenoxy) is 1. The van der Waals surface area contributed by atoms with E-state index in [0.29, 0.717) is 0 Å². The maximum absolute atomic E-state index is 5.95. The lowest BCUT2D eigenvalue weighted by atomic mass is 10.1. The van der Waals surface area contributed by atoms with Crippen molar-refractivity contribution in [2.45, 2.75) is 25.1 Å². The van der Waals surface area contributed by atoms with Crippen LogP contribution in [0.3, 0.4) is 0 Å². The minimum atomic E-state index is -0.142. The minimum absolute atomic E-state index is 0.142. The van der Waals surface area contributed by atoms with E-state index in [-0.39, 0.29) is 5.54 Å². The Morgan fingerprint density at radius 3 is 2.69 bits per heavy atom. The fraction of sp³-hybridized carbons (Fsp3) is 0.500. The molecule has 0 spiro atoms. The summed E-state index contributed by atoms with van der Waals surface area (Å²) in [6, 6.07) is 5.67. The van der Waals surface area contributed by atoms with E-state index in [1.165, 1.54) is 0 Å². The molecule has 0 saturated heterocycles. The van der Waals surface area contributed by atoms with E-state index in [1.807, 2.05) is 32.0 Å². The molecular weight excluding hydrogens is 242 g/mol. The summed E-state index contributed by atoms with van der Waals surface area (Å²) < 4.78 is 5.28. The van der Waals surface area contributed by atoms with Crippen LogP contribution in [0.4, 0.5) is 0 Å². The maximum atomic E-state index is 5.95. The van der Waals surface area contributed by atoms with Gasteiger partial charge in [-0.15, -0.1) is 0 Å². The highest BCUT2D eigenvalue weighted by atomic mass is 35.5. The average Bonchev–Trinajstić information content (AvgIpc) is 2.16. The molecule has 0 unspecified atom stereocenters. The fourth-order valence-electron chi connectivity index (χ4n) is 1.28. The fourth-order valence-corrected chi connectivity index (χ4v) is 2.55. The van der Waals surface area contributed by atoms with Gasteiger partial charge in [-0.05, 0) is 32.0 Å². The van der Waals surface area contributed by atoms with Crippen molar-refractivity contribution in [3.63, 3.8) is 0 Å². The van der Waals surface area contributed by atoms with Gasteiger partial charge in [-0.1, -0.05) is 11.6 Å². The molecule has 0 aliphatic carbocycles. The van der Waals surface area contributed by atoms with Crippen LogP contribution in [-0.2, 0) is 5.75 Å². The zero-order valence-electron chi connectivity index (χ0n) is 9.92. The number of methoxy groups -OCH3 is 1. The SMILES string of the molecule is COc1ccc(Cl)cc1CSCC(C)(C)N. The van der Waals surface area contributed by atoms with Crippen molar-refractivity contribution in [3.05, 3.63) is 28.8 Å². The largest absolute Gasteiger partial charge is 0.496 e. The first kappa shape index (κ1) is 13.7. The summed E-state index contributed by atoms with van der Waals surface area (Å²) in [7, 11) is 1.67. The van der Waals surface area contributed by atoms with Crippen molar-refractivity contribution in [1.29, 1.82) is 0 Å². The second-order valence-corrected chi connectivity index (χ2v) is 5.86. The van der Waals surface area contributed by atoms with Gasteiger partial charge in [0.25, 0.3) is 0 Å². The predicted octanol–water partition coefficient (Wildman–Crippen LogP) is 3.32. The Labute approximate surface area is 107 Å². The zero-order chi connectivity index (χ0) is 12.2. The van der Waals surface area contributed by atoms with Crippen LogP contribution >= 0.6 is 23.4 Å². The maximum Gasteiger partial charge on any atom is 0.122 e. The number of benzene rings is 1. The molecular formula is C12H18ClNOS. The monoisotopic (exact) mass is 259 g/mol. The quantitative estimate of drug-likeness (QED) is 0.881. The Morgan fingerprint density at radius 1 is 1.44 bits per heavy atom. The van der Waals surface area contributed by atoms with Crippen LogP contribution in [0, 0.1) is 0 Å². The van der Waals surface area contributed by atoms with Crippen LogP contribution in [0.2, 0.25) is 5.02 Å². The van der Waals surface area contributed by atoms with E-state index in [2.05, 4.69) is 0 Å². The van der Waals surface area contributed by atoms with Crippen LogP contribution in [0.25, 0.3) is 0 Å². The van der Waals surface area contributed by atoms with E-state index in [9.17, 15) is 0 Å². The topological polar surface area (TPSA) is 35.2 Å². The summed E-state index contributed by atoms with van der Waals surface area (Å²) in [4.78, 5) is 0. The molecule has 0 aliphatic rings. The minimum Gasteiger partial charge on any atom is -0.496 e. The molecule has 2 N–H and O–H groups in total. The molecule has 0 fully saturated rings. The van der Waals surface area contributed by atoms with Gasteiger partial charge in [-0.25, -0.2) is 0 Å². The van der Waals surface area contributed by atoms with Gasteiger partial charge in [0.1, 0.15) is 5.75 Å². The van der Waals surface area contributed by atoms with Gasteiger partial charge in [-0.2, -0.15) is 11.8 Å². The van der Waals surface area contributed by atoms with Gasteiger partial charge in [0, 0.05) is 27.6 Å². The van der Waals surface area contributed by atoms with Gasteiger partial charge >= 0.3 is 0 Å². The van der Waals surface area contributed by atoms with E-state index in [1.54, 1.807) is 18.9 Å². The first-order valence-electron chi connectivity index (χ1n) is 5.11. The van der Waals surface area contributed by atoms with Crippen molar-refractivity contribution in [1.82, 2.24) is 0 Å². The second-order valence-electron chi connectivity index (χ2n) is 4.44. The first-order valence-corrected chi connectivity index (χ1v) is 6.65. The van der Waals surface area contributed by atoms with E-state index < -0.39 is 0 Å². The third-order valence-electron chi connectivity index (χ3n) is 1.97. The van der Waals surface area contributed by atoms with Crippen LogP contribution in [-0.4, -0.2) is 18.4 Å². The molecule has 0 bridgehead atoms. The van der Waals surface area contributed by atoms with Crippen molar-refractivity contribution in [2.24, 2.45) is 5.73 Å². The number of rotatable bonds is 5. The Bertz CT molecular complexity index is 349. The van der Waals surface area contributed by atoms with Crippen LogP contribution < -0.4 is 10.5 Å². The Kier molecular flexibility index (Phi) is 4.96.